The second-order valence-electron chi connectivity index (χ2n) is 6.31. The smallest absolute Gasteiger partial charge is 0.242 e. The molecular formula is C20H29N5O4S. The molecule has 0 spiro atoms. The summed E-state index contributed by atoms with van der Waals surface area (Å²) in [5, 5.41) is 6.23. The van der Waals surface area contributed by atoms with Gasteiger partial charge in [0.05, 0.1) is 13.7 Å². The lowest BCUT2D eigenvalue weighted by Crippen LogP contribution is -2.42. The molecule has 0 bridgehead atoms. The molecule has 0 fully saturated rings. The van der Waals surface area contributed by atoms with Crippen molar-refractivity contribution in [3.63, 3.8) is 0 Å². The van der Waals surface area contributed by atoms with Gasteiger partial charge in [0.1, 0.15) is 11.0 Å². The van der Waals surface area contributed by atoms with Gasteiger partial charge in [0.25, 0.3) is 0 Å². The van der Waals surface area contributed by atoms with Crippen molar-refractivity contribution >= 4 is 16.0 Å². The van der Waals surface area contributed by atoms with Crippen LogP contribution in [0.25, 0.3) is 0 Å². The fourth-order valence-electron chi connectivity index (χ4n) is 2.49. The molecule has 0 saturated carbocycles. The van der Waals surface area contributed by atoms with Crippen LogP contribution >= 0.6 is 0 Å². The summed E-state index contributed by atoms with van der Waals surface area (Å²) in [5.41, 5.74) is 0. The highest BCUT2D eigenvalue weighted by Crippen LogP contribution is 2.26. The zero-order chi connectivity index (χ0) is 21.8. The van der Waals surface area contributed by atoms with Crippen molar-refractivity contribution in [3.8, 4) is 11.5 Å². The molecule has 0 aliphatic heterocycles. The van der Waals surface area contributed by atoms with Gasteiger partial charge in [-0.1, -0.05) is 12.1 Å². The number of methoxy groups -OCH3 is 1. The fourth-order valence-corrected chi connectivity index (χ4v) is 3.48. The van der Waals surface area contributed by atoms with Gasteiger partial charge in [-0.25, -0.2) is 18.1 Å². The molecule has 1 atom stereocenters. The summed E-state index contributed by atoms with van der Waals surface area (Å²) in [6.45, 7) is 5.53. The molecule has 10 heteroatoms. The Morgan fingerprint density at radius 3 is 2.57 bits per heavy atom. The molecule has 0 radical (unpaired) electrons. The third-order valence-electron chi connectivity index (χ3n) is 3.90. The van der Waals surface area contributed by atoms with Crippen molar-refractivity contribution in [1.82, 2.24) is 20.3 Å². The monoisotopic (exact) mass is 435 g/mol. The van der Waals surface area contributed by atoms with Crippen molar-refractivity contribution < 1.29 is 17.9 Å². The number of nitrogens with one attached hydrogen (secondary N) is 3. The van der Waals surface area contributed by atoms with Crippen LogP contribution in [0, 0.1) is 0 Å². The zero-order valence-electron chi connectivity index (χ0n) is 17.5. The number of para-hydroxylation sites is 2. The van der Waals surface area contributed by atoms with Crippen molar-refractivity contribution in [1.29, 1.82) is 0 Å². The average molecular weight is 436 g/mol. The Morgan fingerprint density at radius 1 is 1.13 bits per heavy atom. The maximum Gasteiger partial charge on any atom is 0.242 e. The van der Waals surface area contributed by atoms with E-state index >= 15 is 0 Å². The fraction of sp³-hybridized carbons (Fsp3) is 0.400. The number of sulfonamides is 1. The molecule has 0 saturated heterocycles. The van der Waals surface area contributed by atoms with E-state index in [-0.39, 0.29) is 17.5 Å². The van der Waals surface area contributed by atoms with E-state index in [1.165, 1.54) is 18.5 Å². The lowest BCUT2D eigenvalue weighted by molar-refractivity contribution is 0.219. The largest absolute Gasteiger partial charge is 0.493 e. The van der Waals surface area contributed by atoms with Gasteiger partial charge >= 0.3 is 0 Å². The third-order valence-corrected chi connectivity index (χ3v) is 5.35. The van der Waals surface area contributed by atoms with E-state index in [0.717, 1.165) is 0 Å². The van der Waals surface area contributed by atoms with Crippen LogP contribution in [0.3, 0.4) is 0 Å². The SMILES string of the molecule is CCNC(=NCC(C)Oc1ccccc1OC)NCCNS(=O)(=O)c1cccnc1. The Hall–Kier alpha value is -2.85. The first kappa shape index (κ1) is 23.4. The van der Waals surface area contributed by atoms with Gasteiger partial charge in [0, 0.05) is 32.0 Å². The molecule has 1 aromatic carbocycles. The first-order valence-electron chi connectivity index (χ1n) is 9.67. The van der Waals surface area contributed by atoms with Gasteiger partial charge in [0.2, 0.25) is 10.0 Å². The van der Waals surface area contributed by atoms with Crippen LogP contribution in [0.1, 0.15) is 13.8 Å². The summed E-state index contributed by atoms with van der Waals surface area (Å²) >= 11 is 0. The van der Waals surface area contributed by atoms with Crippen molar-refractivity contribution in [2.45, 2.75) is 24.8 Å². The minimum Gasteiger partial charge on any atom is -0.493 e. The molecule has 1 aromatic heterocycles. The highest BCUT2D eigenvalue weighted by molar-refractivity contribution is 7.89. The van der Waals surface area contributed by atoms with Gasteiger partial charge in [-0.2, -0.15) is 0 Å². The van der Waals surface area contributed by atoms with E-state index in [1.54, 1.807) is 13.2 Å². The maximum absolute atomic E-state index is 12.2. The number of guanidine groups is 1. The number of aromatic nitrogens is 1. The van der Waals surface area contributed by atoms with E-state index in [4.69, 9.17) is 9.47 Å². The zero-order valence-corrected chi connectivity index (χ0v) is 18.3. The lowest BCUT2D eigenvalue weighted by Gasteiger charge is -2.17. The predicted molar refractivity (Wildman–Crippen MR) is 116 cm³/mol. The number of hydrogen-bond donors (Lipinski definition) is 3. The normalized spacial score (nSPS) is 12.8. The number of pyridine rings is 1. The van der Waals surface area contributed by atoms with E-state index in [2.05, 4.69) is 25.3 Å². The summed E-state index contributed by atoms with van der Waals surface area (Å²) < 4.78 is 38.1. The summed E-state index contributed by atoms with van der Waals surface area (Å²) in [6.07, 6.45) is 2.66. The van der Waals surface area contributed by atoms with Crippen LogP contribution in [0.5, 0.6) is 11.5 Å². The average Bonchev–Trinajstić information content (AvgIpc) is 2.76. The number of nitrogens with zero attached hydrogens (tertiary/aromatic N) is 2. The Bertz CT molecular complexity index is 906. The summed E-state index contributed by atoms with van der Waals surface area (Å²) in [5.74, 6) is 1.90. The van der Waals surface area contributed by atoms with Crippen LogP contribution in [-0.2, 0) is 10.0 Å². The molecule has 0 aliphatic rings. The van der Waals surface area contributed by atoms with Crippen LogP contribution in [0.15, 0.2) is 58.7 Å². The van der Waals surface area contributed by atoms with Gasteiger partial charge in [-0.3, -0.25) is 4.98 Å². The standard InChI is InChI=1S/C20H29N5O4S/c1-4-22-20(23-12-13-25-30(26,27)17-8-7-11-21-15-17)24-14-16(2)29-19-10-6-5-9-18(19)28-3/h5-11,15-16,25H,4,12-14H2,1-3H3,(H2,22,23,24). The van der Waals surface area contributed by atoms with Crippen LogP contribution in [0.4, 0.5) is 0 Å². The quantitative estimate of drug-likeness (QED) is 0.278. The Kier molecular flexibility index (Phi) is 9.36. The Labute approximate surface area is 178 Å². The molecule has 1 heterocycles. The second-order valence-corrected chi connectivity index (χ2v) is 8.08. The summed E-state index contributed by atoms with van der Waals surface area (Å²) in [6, 6.07) is 10.5. The number of ether oxygens (including phenoxy) is 2. The highest BCUT2D eigenvalue weighted by atomic mass is 32.2. The lowest BCUT2D eigenvalue weighted by atomic mass is 10.3. The molecule has 0 amide bonds. The third kappa shape index (κ3) is 7.53. The van der Waals surface area contributed by atoms with Crippen LogP contribution in [-0.4, -0.2) is 58.8 Å². The molecule has 1 unspecified atom stereocenters. The minimum atomic E-state index is -3.58. The number of aliphatic imine (C=N–C) groups is 1. The van der Waals surface area contributed by atoms with E-state index < -0.39 is 10.0 Å². The van der Waals surface area contributed by atoms with Crippen molar-refractivity contribution in [3.05, 3.63) is 48.8 Å². The van der Waals surface area contributed by atoms with Crippen LogP contribution < -0.4 is 24.8 Å². The molecule has 0 aliphatic carbocycles. The molecule has 3 N–H and O–H groups in total. The second kappa shape index (κ2) is 12.0. The molecule has 164 valence electrons. The molecule has 2 aromatic rings. The van der Waals surface area contributed by atoms with Crippen molar-refractivity contribution in [2.75, 3.05) is 33.3 Å². The first-order valence-corrected chi connectivity index (χ1v) is 11.2. The predicted octanol–water partition coefficient (Wildman–Crippen LogP) is 1.39. The molecule has 30 heavy (non-hydrogen) atoms. The van der Waals surface area contributed by atoms with Gasteiger partial charge in [-0.05, 0) is 38.1 Å². The summed E-state index contributed by atoms with van der Waals surface area (Å²) in [4.78, 5) is 8.46. The molecule has 9 nitrogen and oxygen atoms in total. The van der Waals surface area contributed by atoms with Crippen molar-refractivity contribution in [2.24, 2.45) is 4.99 Å². The van der Waals surface area contributed by atoms with E-state index in [9.17, 15) is 8.42 Å². The maximum atomic E-state index is 12.2. The van der Waals surface area contributed by atoms with Gasteiger partial charge in [-0.15, -0.1) is 0 Å². The first-order chi connectivity index (χ1) is 14.5. The summed E-state index contributed by atoms with van der Waals surface area (Å²) in [7, 11) is -1.98. The number of rotatable bonds is 11. The Balaban J connectivity index is 1.84. The van der Waals surface area contributed by atoms with E-state index in [1.807, 2.05) is 38.1 Å². The topological polar surface area (TPSA) is 114 Å². The number of hydrogen-bond acceptors (Lipinski definition) is 6. The number of benzene rings is 1. The van der Waals surface area contributed by atoms with Gasteiger partial charge in [0.15, 0.2) is 17.5 Å². The molecular weight excluding hydrogens is 406 g/mol. The molecule has 2 rings (SSSR count). The Morgan fingerprint density at radius 2 is 1.90 bits per heavy atom. The minimum absolute atomic E-state index is 0.132. The van der Waals surface area contributed by atoms with E-state index in [0.29, 0.717) is 37.1 Å². The highest BCUT2D eigenvalue weighted by Gasteiger charge is 2.13. The van der Waals surface area contributed by atoms with Crippen LogP contribution in [0.2, 0.25) is 0 Å². The van der Waals surface area contributed by atoms with Gasteiger partial charge < -0.3 is 20.1 Å².